The fourth-order valence-electron chi connectivity index (χ4n) is 4.92. The Labute approximate surface area is 311 Å². The Morgan fingerprint density at radius 3 is 1.90 bits per heavy atom. The molecule has 1 aromatic heterocycles. The van der Waals surface area contributed by atoms with Crippen molar-refractivity contribution in [3.8, 4) is 22.6 Å². The van der Waals surface area contributed by atoms with Crippen LogP contribution in [0.3, 0.4) is 0 Å². The zero-order valence-electron chi connectivity index (χ0n) is 27.2. The summed E-state index contributed by atoms with van der Waals surface area (Å²) >= 11 is 0. The van der Waals surface area contributed by atoms with Crippen LogP contribution in [-0.2, 0) is 36.4 Å². The molecule has 272 valence electrons. The van der Waals surface area contributed by atoms with E-state index in [1.54, 1.807) is 0 Å². The number of amides is 1. The maximum atomic E-state index is 14.0. The topological polar surface area (TPSA) is 131 Å². The second-order valence-corrected chi connectivity index (χ2v) is 11.0. The molecule has 0 atom stereocenters. The van der Waals surface area contributed by atoms with E-state index in [9.17, 15) is 54.2 Å². The minimum Gasteiger partial charge on any atom is -0.550 e. The molecule has 0 aliphatic heterocycles. The second-order valence-electron chi connectivity index (χ2n) is 11.0. The Balaban J connectivity index is 0.00000729. The molecule has 0 radical (unpaired) electrons. The van der Waals surface area contributed by atoms with Crippen molar-refractivity contribution >= 4 is 17.8 Å². The predicted octanol–water partition coefficient (Wildman–Crippen LogP) is 3.43. The van der Waals surface area contributed by atoms with Crippen molar-refractivity contribution in [2.24, 2.45) is 5.73 Å². The monoisotopic (exact) mass is 752 g/mol. The Bertz CT molecular complexity index is 1850. The third-order valence-corrected chi connectivity index (χ3v) is 7.28. The first kappa shape index (κ1) is 41.9. The molecule has 9 nitrogen and oxygen atoms in total. The summed E-state index contributed by atoms with van der Waals surface area (Å²) in [5.74, 6) is -2.45. The van der Waals surface area contributed by atoms with E-state index < -0.39 is 65.7 Å². The third kappa shape index (κ3) is 11.0. The summed E-state index contributed by atoms with van der Waals surface area (Å²) in [5, 5.41) is 10.6. The van der Waals surface area contributed by atoms with Gasteiger partial charge < -0.3 is 30.0 Å². The Morgan fingerprint density at radius 2 is 1.38 bits per heavy atom. The minimum absolute atomic E-state index is 0. The summed E-state index contributed by atoms with van der Waals surface area (Å²) in [6.07, 6.45) is -13.4. The van der Waals surface area contributed by atoms with Crippen molar-refractivity contribution in [1.82, 2.24) is 9.97 Å². The second kappa shape index (κ2) is 16.9. The summed E-state index contributed by atoms with van der Waals surface area (Å²) < 4.78 is 135. The van der Waals surface area contributed by atoms with Gasteiger partial charge in [-0.1, -0.05) is 6.07 Å². The van der Waals surface area contributed by atoms with Gasteiger partial charge in [0.25, 0.3) is 0 Å². The van der Waals surface area contributed by atoms with Gasteiger partial charge in [0.1, 0.15) is 5.75 Å². The maximum absolute atomic E-state index is 14.0. The van der Waals surface area contributed by atoms with E-state index in [0.29, 0.717) is 12.1 Å². The molecule has 4 rings (SSSR count). The molecule has 2 N–H and O–H groups in total. The molecule has 0 unspecified atom stereocenters. The minimum atomic E-state index is -5.19. The Hall–Kier alpha value is -4.55. The average molecular weight is 753 g/mol. The third-order valence-electron chi connectivity index (χ3n) is 7.28. The molecule has 0 aliphatic rings. The number of benzene rings is 3. The molecule has 0 saturated heterocycles. The van der Waals surface area contributed by atoms with E-state index in [-0.39, 0.29) is 94.8 Å². The van der Waals surface area contributed by atoms with E-state index in [1.807, 2.05) is 0 Å². The van der Waals surface area contributed by atoms with Crippen LogP contribution in [0.25, 0.3) is 11.1 Å². The first-order valence-electron chi connectivity index (χ1n) is 14.6. The number of ether oxygens (including phenoxy) is 2. The van der Waals surface area contributed by atoms with Gasteiger partial charge in [-0.25, -0.2) is 9.97 Å². The van der Waals surface area contributed by atoms with Crippen molar-refractivity contribution in [2.75, 3.05) is 18.6 Å². The molecular weight excluding hydrogens is 726 g/mol. The number of methoxy groups -OCH3 is 1. The van der Waals surface area contributed by atoms with Gasteiger partial charge in [-0.3, -0.25) is 4.79 Å². The van der Waals surface area contributed by atoms with Crippen LogP contribution in [0, 0.1) is 0 Å². The van der Waals surface area contributed by atoms with Crippen LogP contribution in [0.1, 0.15) is 51.0 Å². The fourth-order valence-corrected chi connectivity index (χ4v) is 4.92. The number of rotatable bonds is 13. The molecule has 4 aromatic rings. The quantitative estimate of drug-likeness (QED) is 0.125. The number of halogens is 9. The Morgan fingerprint density at radius 1 is 0.788 bits per heavy atom. The molecule has 0 saturated carbocycles. The molecule has 52 heavy (non-hydrogen) atoms. The first-order valence-corrected chi connectivity index (χ1v) is 14.6. The van der Waals surface area contributed by atoms with E-state index >= 15 is 0 Å². The number of carboxylic acid groups (broad SMARTS) is 1. The zero-order chi connectivity index (χ0) is 37.7. The zero-order valence-corrected chi connectivity index (χ0v) is 29.2. The number of carbonyl (C=O) groups excluding carboxylic acids is 2. The standard InChI is InChI=1S/C33H27F9N4O5.Na/c1-50-27-7-4-19(29(43)49)12-26(27)25-6-5-21(31(34,35)36)11-20(25)17-46(30-44-14-24(15-45-30)51-8-2-3-28(47)48)16-18-9-22(32(37,38)39)13-23(10-18)33(40,41)42;/h4-7,9-15H,2-3,8,16-17H2,1H3,(H2,43,49)(H,47,48);/q;+1/p-1. The van der Waals surface area contributed by atoms with Gasteiger partial charge in [-0.2, -0.15) is 39.5 Å². The molecule has 0 aliphatic carbocycles. The number of carbonyl (C=O) groups is 2. The normalized spacial score (nSPS) is 11.8. The van der Waals surface area contributed by atoms with Crippen LogP contribution < -0.4 is 54.8 Å². The number of carboxylic acids is 1. The van der Waals surface area contributed by atoms with Gasteiger partial charge in [0, 0.05) is 30.2 Å². The number of nitrogens with two attached hydrogens (primary N) is 1. The fraction of sp³-hybridized carbons (Fsp3) is 0.273. The van der Waals surface area contributed by atoms with E-state index in [0.717, 1.165) is 35.5 Å². The van der Waals surface area contributed by atoms with Gasteiger partial charge in [-0.15, -0.1) is 0 Å². The van der Waals surface area contributed by atoms with Gasteiger partial charge in [0.05, 0.1) is 42.8 Å². The number of anilines is 1. The van der Waals surface area contributed by atoms with Crippen molar-refractivity contribution < 1.29 is 93.2 Å². The largest absolute Gasteiger partial charge is 1.00 e. The number of primary amides is 1. The molecule has 0 fully saturated rings. The van der Waals surface area contributed by atoms with Crippen molar-refractivity contribution in [2.45, 2.75) is 44.5 Å². The maximum Gasteiger partial charge on any atom is 1.00 e. The summed E-state index contributed by atoms with van der Waals surface area (Å²) in [6.45, 7) is -1.51. The van der Waals surface area contributed by atoms with Crippen molar-refractivity contribution in [1.29, 1.82) is 0 Å². The molecular formula is C33H26F9N4NaO5. The smallest absolute Gasteiger partial charge is 0.550 e. The molecule has 1 heterocycles. The molecule has 1 amide bonds. The number of hydrogen-bond acceptors (Lipinski definition) is 8. The average Bonchev–Trinajstić information content (AvgIpc) is 3.05. The van der Waals surface area contributed by atoms with Crippen LogP contribution in [0.5, 0.6) is 11.5 Å². The van der Waals surface area contributed by atoms with Crippen LogP contribution in [0.4, 0.5) is 45.5 Å². The molecule has 19 heteroatoms. The van der Waals surface area contributed by atoms with Crippen LogP contribution >= 0.6 is 0 Å². The summed E-state index contributed by atoms with van der Waals surface area (Å²) in [5.41, 5.74) is 0.403. The molecule has 3 aromatic carbocycles. The molecule has 0 bridgehead atoms. The number of aliphatic carboxylic acids is 1. The van der Waals surface area contributed by atoms with Gasteiger partial charge >= 0.3 is 48.1 Å². The number of aromatic nitrogens is 2. The van der Waals surface area contributed by atoms with E-state index in [4.69, 9.17) is 15.2 Å². The van der Waals surface area contributed by atoms with Gasteiger partial charge in [0.2, 0.25) is 11.9 Å². The first-order chi connectivity index (χ1) is 23.8. The van der Waals surface area contributed by atoms with Crippen molar-refractivity contribution in [3.05, 3.63) is 100 Å². The van der Waals surface area contributed by atoms with Gasteiger partial charge in [0.15, 0.2) is 5.75 Å². The van der Waals surface area contributed by atoms with E-state index in [1.165, 1.54) is 25.3 Å². The van der Waals surface area contributed by atoms with Crippen molar-refractivity contribution in [3.63, 3.8) is 0 Å². The summed E-state index contributed by atoms with van der Waals surface area (Å²) in [7, 11) is 1.25. The summed E-state index contributed by atoms with van der Waals surface area (Å²) in [6, 6.07) is 7.28. The summed E-state index contributed by atoms with van der Waals surface area (Å²) in [4.78, 5) is 31.8. The van der Waals surface area contributed by atoms with Gasteiger partial charge in [-0.05, 0) is 78.1 Å². The number of hydrogen-bond donors (Lipinski definition) is 1. The van der Waals surface area contributed by atoms with E-state index in [2.05, 4.69) is 9.97 Å². The Kier molecular flexibility index (Phi) is 13.6. The number of nitrogens with zero attached hydrogens (tertiary/aromatic N) is 3. The molecule has 0 spiro atoms. The SMILES string of the molecule is COc1ccc(C(N)=O)cc1-c1ccc(C(F)(F)F)cc1CN(Cc1cc(C(F)(F)F)cc(C(F)(F)F)c1)c1ncc(OCCCC(=O)[O-])cn1.[Na+]. The number of alkyl halides is 9. The van der Waals surface area contributed by atoms with Crippen LogP contribution in [0.15, 0.2) is 67.0 Å². The predicted molar refractivity (Wildman–Crippen MR) is 160 cm³/mol. The van der Waals surface area contributed by atoms with Crippen LogP contribution in [-0.4, -0.2) is 35.6 Å². The van der Waals surface area contributed by atoms with Crippen LogP contribution in [0.2, 0.25) is 0 Å².